The smallest absolute Gasteiger partial charge is 0.230 e. The first-order valence-corrected chi connectivity index (χ1v) is 8.92. The van der Waals surface area contributed by atoms with Gasteiger partial charge in [-0.05, 0) is 29.4 Å². The maximum Gasteiger partial charge on any atom is 0.230 e. The van der Waals surface area contributed by atoms with Crippen LogP contribution >= 0.6 is 11.8 Å². The molecule has 1 aliphatic rings. The molecule has 1 fully saturated rings. The first kappa shape index (κ1) is 17.8. The van der Waals surface area contributed by atoms with Crippen molar-refractivity contribution in [3.8, 4) is 0 Å². The Morgan fingerprint density at radius 1 is 1.39 bits per heavy atom. The normalized spacial score (nSPS) is 17.8. The average molecular weight is 338 g/mol. The lowest BCUT2D eigenvalue weighted by atomic mass is 10.1. The van der Waals surface area contributed by atoms with Gasteiger partial charge in [-0.2, -0.15) is 0 Å². The lowest BCUT2D eigenvalue weighted by Crippen LogP contribution is -2.38. The van der Waals surface area contributed by atoms with Crippen molar-refractivity contribution >= 4 is 23.6 Å². The Morgan fingerprint density at radius 2 is 2.09 bits per heavy atom. The first-order chi connectivity index (χ1) is 10.9. The third-order valence-corrected chi connectivity index (χ3v) is 4.81. The molecule has 1 heterocycles. The Labute approximate surface area is 140 Å². The number of carbonyl (C=O) groups excluding carboxylic acids is 2. The molecule has 0 aliphatic carbocycles. The molecule has 1 aliphatic heterocycles. The largest absolute Gasteiger partial charge is 0.350 e. The molecule has 126 valence electrons. The summed E-state index contributed by atoms with van der Waals surface area (Å²) >= 11 is 1.59. The number of hydrogen-bond acceptors (Lipinski definition) is 3. The van der Waals surface area contributed by atoms with Crippen molar-refractivity contribution < 1.29 is 14.0 Å². The van der Waals surface area contributed by atoms with E-state index in [0.717, 1.165) is 5.56 Å². The van der Waals surface area contributed by atoms with Crippen LogP contribution in [0.4, 0.5) is 4.39 Å². The van der Waals surface area contributed by atoms with Crippen molar-refractivity contribution in [1.82, 2.24) is 10.2 Å². The molecule has 1 atom stereocenters. The average Bonchev–Trinajstić information content (AvgIpc) is 2.84. The van der Waals surface area contributed by atoms with Crippen LogP contribution in [0.5, 0.6) is 0 Å². The highest BCUT2D eigenvalue weighted by Gasteiger charge is 2.30. The highest BCUT2D eigenvalue weighted by atomic mass is 32.2. The summed E-state index contributed by atoms with van der Waals surface area (Å²) in [4.78, 5) is 25.6. The molecular weight excluding hydrogens is 315 g/mol. The zero-order valence-corrected chi connectivity index (χ0v) is 14.4. The summed E-state index contributed by atoms with van der Waals surface area (Å²) in [6, 6.07) is 6.22. The van der Waals surface area contributed by atoms with E-state index >= 15 is 0 Å². The second-order valence-electron chi connectivity index (χ2n) is 6.04. The maximum absolute atomic E-state index is 12.9. The van der Waals surface area contributed by atoms with Gasteiger partial charge in [0.25, 0.3) is 0 Å². The number of halogens is 1. The van der Waals surface area contributed by atoms with Crippen LogP contribution in [-0.2, 0) is 16.0 Å². The number of likely N-dealkylation sites (tertiary alicyclic amines) is 1. The summed E-state index contributed by atoms with van der Waals surface area (Å²) in [6.07, 6.45) is 1.05. The van der Waals surface area contributed by atoms with E-state index in [1.54, 1.807) is 28.8 Å². The number of carbonyl (C=O) groups is 2. The molecule has 1 aromatic carbocycles. The molecule has 6 heteroatoms. The fourth-order valence-electron chi connectivity index (χ4n) is 2.51. The Morgan fingerprint density at radius 3 is 2.74 bits per heavy atom. The van der Waals surface area contributed by atoms with Crippen molar-refractivity contribution in [2.45, 2.75) is 38.0 Å². The predicted molar refractivity (Wildman–Crippen MR) is 90.8 cm³/mol. The van der Waals surface area contributed by atoms with E-state index in [-0.39, 0.29) is 23.7 Å². The molecule has 23 heavy (non-hydrogen) atoms. The van der Waals surface area contributed by atoms with Crippen molar-refractivity contribution in [1.29, 1.82) is 0 Å². The number of hydrogen-bond donors (Lipinski definition) is 1. The zero-order valence-electron chi connectivity index (χ0n) is 13.5. The van der Waals surface area contributed by atoms with Gasteiger partial charge in [0.1, 0.15) is 5.82 Å². The Balaban J connectivity index is 1.76. The van der Waals surface area contributed by atoms with Crippen LogP contribution in [0.2, 0.25) is 0 Å². The van der Waals surface area contributed by atoms with Gasteiger partial charge >= 0.3 is 0 Å². The number of amides is 2. The minimum atomic E-state index is -0.256. The van der Waals surface area contributed by atoms with Crippen molar-refractivity contribution in [2.24, 2.45) is 0 Å². The molecule has 1 aromatic rings. The van der Waals surface area contributed by atoms with E-state index in [2.05, 4.69) is 5.32 Å². The van der Waals surface area contributed by atoms with Gasteiger partial charge in [0, 0.05) is 19.5 Å². The fourth-order valence-corrected chi connectivity index (χ4v) is 3.08. The molecule has 1 saturated heterocycles. The molecule has 0 spiro atoms. The Bertz CT molecular complexity index is 548. The van der Waals surface area contributed by atoms with Gasteiger partial charge in [-0.1, -0.05) is 26.0 Å². The van der Waals surface area contributed by atoms with Crippen LogP contribution < -0.4 is 5.32 Å². The second-order valence-corrected chi connectivity index (χ2v) is 7.61. The van der Waals surface area contributed by atoms with Gasteiger partial charge in [-0.3, -0.25) is 9.59 Å². The molecule has 0 bridgehead atoms. The fraction of sp³-hybridized carbons (Fsp3) is 0.529. The van der Waals surface area contributed by atoms with Crippen LogP contribution in [0, 0.1) is 5.82 Å². The topological polar surface area (TPSA) is 49.4 Å². The summed E-state index contributed by atoms with van der Waals surface area (Å²) in [5, 5.41) is 3.34. The zero-order chi connectivity index (χ0) is 16.8. The van der Waals surface area contributed by atoms with Gasteiger partial charge < -0.3 is 10.2 Å². The molecule has 0 aromatic heterocycles. The van der Waals surface area contributed by atoms with E-state index in [1.807, 2.05) is 13.8 Å². The number of benzene rings is 1. The minimum absolute atomic E-state index is 0.0121. The molecule has 2 rings (SSSR count). The summed E-state index contributed by atoms with van der Waals surface area (Å²) in [5.41, 5.74) is 1.00. The summed E-state index contributed by atoms with van der Waals surface area (Å²) in [6.45, 7) is 5.25. The SMILES string of the molecule is CC(C)SCC(=O)N[C@H]1CC(=O)N(CCc2ccc(F)cc2)C1. The lowest BCUT2D eigenvalue weighted by molar-refractivity contribution is -0.127. The van der Waals surface area contributed by atoms with Gasteiger partial charge in [-0.25, -0.2) is 4.39 Å². The van der Waals surface area contributed by atoms with E-state index < -0.39 is 0 Å². The third-order valence-electron chi connectivity index (χ3n) is 3.71. The standard InChI is InChI=1S/C17H23FN2O2S/c1-12(2)23-11-16(21)19-15-9-17(22)20(10-15)8-7-13-3-5-14(18)6-4-13/h3-6,12,15H,7-11H2,1-2H3,(H,19,21)/t15-/m0/s1. The van der Waals surface area contributed by atoms with Crippen LogP contribution in [0.3, 0.4) is 0 Å². The number of nitrogens with zero attached hydrogens (tertiary/aromatic N) is 1. The van der Waals surface area contributed by atoms with Crippen LogP contribution in [-0.4, -0.2) is 46.8 Å². The van der Waals surface area contributed by atoms with Gasteiger partial charge in [-0.15, -0.1) is 11.8 Å². The third kappa shape index (κ3) is 5.86. The molecule has 0 unspecified atom stereocenters. The predicted octanol–water partition coefficient (Wildman–Crippen LogP) is 2.23. The lowest BCUT2D eigenvalue weighted by Gasteiger charge is -2.17. The molecular formula is C17H23FN2O2S. The highest BCUT2D eigenvalue weighted by molar-refractivity contribution is 8.00. The molecule has 1 N–H and O–H groups in total. The quantitative estimate of drug-likeness (QED) is 0.829. The summed E-state index contributed by atoms with van der Waals surface area (Å²) < 4.78 is 12.9. The van der Waals surface area contributed by atoms with E-state index in [0.29, 0.717) is 36.9 Å². The van der Waals surface area contributed by atoms with Crippen LogP contribution in [0.1, 0.15) is 25.8 Å². The van der Waals surface area contributed by atoms with Gasteiger partial charge in [0.05, 0.1) is 11.8 Å². The Hall–Kier alpha value is -1.56. The number of rotatable bonds is 7. The molecule has 0 radical (unpaired) electrons. The summed E-state index contributed by atoms with van der Waals surface area (Å²) in [5.74, 6) is 0.224. The van der Waals surface area contributed by atoms with Crippen molar-refractivity contribution in [3.63, 3.8) is 0 Å². The monoisotopic (exact) mass is 338 g/mol. The van der Waals surface area contributed by atoms with Crippen LogP contribution in [0.25, 0.3) is 0 Å². The number of nitrogens with one attached hydrogen (secondary N) is 1. The van der Waals surface area contributed by atoms with Crippen molar-refractivity contribution in [3.05, 3.63) is 35.6 Å². The van der Waals surface area contributed by atoms with Gasteiger partial charge in [0.15, 0.2) is 0 Å². The van der Waals surface area contributed by atoms with E-state index in [1.165, 1.54) is 12.1 Å². The van der Waals surface area contributed by atoms with E-state index in [4.69, 9.17) is 0 Å². The van der Waals surface area contributed by atoms with Gasteiger partial charge in [0.2, 0.25) is 11.8 Å². The van der Waals surface area contributed by atoms with Crippen LogP contribution in [0.15, 0.2) is 24.3 Å². The second kappa shape index (κ2) is 8.34. The molecule has 0 saturated carbocycles. The maximum atomic E-state index is 12.9. The Kier molecular flexibility index (Phi) is 6.45. The molecule has 2 amide bonds. The first-order valence-electron chi connectivity index (χ1n) is 7.87. The summed E-state index contributed by atoms with van der Waals surface area (Å²) in [7, 11) is 0. The highest BCUT2D eigenvalue weighted by Crippen LogP contribution is 2.14. The molecule has 4 nitrogen and oxygen atoms in total. The van der Waals surface area contributed by atoms with E-state index in [9.17, 15) is 14.0 Å². The van der Waals surface area contributed by atoms with Crippen molar-refractivity contribution in [2.75, 3.05) is 18.8 Å². The minimum Gasteiger partial charge on any atom is -0.350 e. The number of thioether (sulfide) groups is 1.